The van der Waals surface area contributed by atoms with E-state index < -0.39 is 0 Å². The van der Waals surface area contributed by atoms with Crippen LogP contribution in [-0.2, 0) is 6.54 Å². The first-order chi connectivity index (χ1) is 11.8. The Morgan fingerprint density at radius 2 is 1.92 bits per heavy atom. The van der Waals surface area contributed by atoms with E-state index in [1.165, 1.54) is 5.56 Å². The van der Waals surface area contributed by atoms with Gasteiger partial charge in [0.15, 0.2) is 10.9 Å². The molecule has 4 rings (SSSR count). The van der Waals surface area contributed by atoms with Crippen molar-refractivity contribution in [2.24, 2.45) is 10.1 Å². The van der Waals surface area contributed by atoms with Crippen molar-refractivity contribution in [3.8, 4) is 0 Å². The van der Waals surface area contributed by atoms with Gasteiger partial charge >= 0.3 is 0 Å². The van der Waals surface area contributed by atoms with E-state index in [1.807, 2.05) is 48.5 Å². The first-order valence-corrected chi connectivity index (χ1v) is 8.79. The van der Waals surface area contributed by atoms with Gasteiger partial charge in [-0.2, -0.15) is 5.10 Å². The number of thioether (sulfide) groups is 1. The van der Waals surface area contributed by atoms with Gasteiger partial charge in [-0.15, -0.1) is 0 Å². The minimum absolute atomic E-state index is 0.670. The topological polar surface area (TPSA) is 41.1 Å². The third-order valence-electron chi connectivity index (χ3n) is 3.84. The highest BCUT2D eigenvalue weighted by atomic mass is 32.2. The second-order valence-electron chi connectivity index (χ2n) is 5.59. The van der Waals surface area contributed by atoms with E-state index in [2.05, 4.69) is 34.4 Å². The number of furan rings is 1. The lowest BCUT2D eigenvalue weighted by molar-refractivity contribution is 0.541. The number of nitrogens with zero attached hydrogens (tertiary/aromatic N) is 3. The molecule has 1 aromatic heterocycles. The van der Waals surface area contributed by atoms with Gasteiger partial charge in [0.1, 0.15) is 11.3 Å². The molecule has 1 aliphatic heterocycles. The number of hydrogen-bond acceptors (Lipinski definition) is 4. The van der Waals surface area contributed by atoms with Crippen molar-refractivity contribution in [1.29, 1.82) is 0 Å². The predicted molar refractivity (Wildman–Crippen MR) is 101 cm³/mol. The fourth-order valence-corrected chi connectivity index (χ4v) is 3.46. The lowest BCUT2D eigenvalue weighted by Crippen LogP contribution is -2.27. The summed E-state index contributed by atoms with van der Waals surface area (Å²) in [5, 5.41) is 8.51. The number of fused-ring (bicyclic) bond motifs is 1. The Hall–Kier alpha value is -2.53. The van der Waals surface area contributed by atoms with Crippen LogP contribution < -0.4 is 0 Å². The molecule has 0 amide bonds. The summed E-state index contributed by atoms with van der Waals surface area (Å²) in [6, 6.07) is 20.3. The van der Waals surface area contributed by atoms with Gasteiger partial charge in [0.25, 0.3) is 0 Å². The molecule has 4 nitrogen and oxygen atoms in total. The molecular formula is C19H17N3OS. The molecule has 0 saturated carbocycles. The van der Waals surface area contributed by atoms with E-state index in [9.17, 15) is 0 Å². The van der Waals surface area contributed by atoms with Crippen molar-refractivity contribution in [2.75, 3.05) is 12.8 Å². The van der Waals surface area contributed by atoms with E-state index in [4.69, 9.17) is 4.42 Å². The minimum Gasteiger partial charge on any atom is -0.455 e. The van der Waals surface area contributed by atoms with Crippen LogP contribution in [0.15, 0.2) is 75.2 Å². The van der Waals surface area contributed by atoms with Crippen LogP contribution in [0.1, 0.15) is 11.3 Å². The Labute approximate surface area is 144 Å². The Balaban J connectivity index is 1.54. The second kappa shape index (κ2) is 6.53. The van der Waals surface area contributed by atoms with Gasteiger partial charge in [-0.1, -0.05) is 60.3 Å². The fourth-order valence-electron chi connectivity index (χ4n) is 2.61. The quantitative estimate of drug-likeness (QED) is 0.713. The molecule has 0 bridgehead atoms. The summed E-state index contributed by atoms with van der Waals surface area (Å²) in [7, 11) is 1.93. The van der Waals surface area contributed by atoms with E-state index in [-0.39, 0.29) is 0 Å². The maximum absolute atomic E-state index is 5.91. The summed E-state index contributed by atoms with van der Waals surface area (Å²) in [5.41, 5.74) is 3.04. The maximum atomic E-state index is 5.91. The van der Waals surface area contributed by atoms with Gasteiger partial charge in [-0.05, 0) is 17.7 Å². The molecule has 0 fully saturated rings. The summed E-state index contributed by atoms with van der Waals surface area (Å²) < 4.78 is 5.91. The van der Waals surface area contributed by atoms with Crippen molar-refractivity contribution in [1.82, 2.24) is 5.01 Å². The average molecular weight is 335 g/mol. The zero-order valence-corrected chi connectivity index (χ0v) is 14.2. The lowest BCUT2D eigenvalue weighted by atomic mass is 10.2. The molecular weight excluding hydrogens is 318 g/mol. The summed E-state index contributed by atoms with van der Waals surface area (Å²) in [4.78, 5) is 4.67. The molecule has 0 spiro atoms. The van der Waals surface area contributed by atoms with E-state index in [1.54, 1.807) is 11.8 Å². The molecule has 120 valence electrons. The second-order valence-corrected chi connectivity index (χ2v) is 6.53. The number of rotatable bonds is 3. The normalized spacial score (nSPS) is 16.6. The maximum Gasteiger partial charge on any atom is 0.180 e. The number of aliphatic imine (C=N–C) groups is 1. The Kier molecular flexibility index (Phi) is 4.09. The number of hydrazone groups is 1. The first kappa shape index (κ1) is 15.0. The number of amidine groups is 1. The zero-order chi connectivity index (χ0) is 16.4. The average Bonchev–Trinajstić information content (AvgIpc) is 3.06. The van der Waals surface area contributed by atoms with Crippen molar-refractivity contribution >= 4 is 33.6 Å². The number of para-hydroxylation sites is 1. The summed E-state index contributed by atoms with van der Waals surface area (Å²) in [6.07, 6.45) is 0. The molecule has 3 aromatic rings. The van der Waals surface area contributed by atoms with Crippen LogP contribution in [0, 0.1) is 0 Å². The van der Waals surface area contributed by atoms with E-state index >= 15 is 0 Å². The predicted octanol–water partition coefficient (Wildman–Crippen LogP) is 4.37. The molecule has 0 radical (unpaired) electrons. The first-order valence-electron chi connectivity index (χ1n) is 7.81. The summed E-state index contributed by atoms with van der Waals surface area (Å²) in [6.45, 7) is 0.670. The third kappa shape index (κ3) is 3.08. The van der Waals surface area contributed by atoms with Gasteiger partial charge in [0.05, 0.1) is 6.54 Å². The fraction of sp³-hybridized carbons (Fsp3) is 0.158. The molecule has 24 heavy (non-hydrogen) atoms. The highest BCUT2D eigenvalue weighted by Crippen LogP contribution is 2.24. The Morgan fingerprint density at radius 3 is 2.71 bits per heavy atom. The van der Waals surface area contributed by atoms with Crippen LogP contribution in [-0.4, -0.2) is 28.7 Å². The van der Waals surface area contributed by atoms with Crippen LogP contribution >= 0.6 is 11.8 Å². The SMILES string of the molecule is CN1N=C(c2cc3ccccc3o2)CSC1=NCc1ccccc1. The van der Waals surface area contributed by atoms with Gasteiger partial charge in [0.2, 0.25) is 0 Å². The van der Waals surface area contributed by atoms with E-state index in [0.29, 0.717) is 6.54 Å². The van der Waals surface area contributed by atoms with E-state index in [0.717, 1.165) is 33.4 Å². The summed E-state index contributed by atoms with van der Waals surface area (Å²) in [5.74, 6) is 1.59. The highest BCUT2D eigenvalue weighted by Gasteiger charge is 2.20. The molecule has 2 aromatic carbocycles. The molecule has 1 aliphatic rings. The molecule has 0 unspecified atom stereocenters. The van der Waals surface area contributed by atoms with Gasteiger partial charge in [0, 0.05) is 18.2 Å². The largest absolute Gasteiger partial charge is 0.455 e. The van der Waals surface area contributed by atoms with Crippen molar-refractivity contribution in [3.05, 3.63) is 72.0 Å². The van der Waals surface area contributed by atoms with Crippen LogP contribution in [0.3, 0.4) is 0 Å². The molecule has 0 aliphatic carbocycles. The van der Waals surface area contributed by atoms with Gasteiger partial charge < -0.3 is 4.42 Å². The molecule has 0 atom stereocenters. The molecule has 0 N–H and O–H groups in total. The smallest absolute Gasteiger partial charge is 0.180 e. The van der Waals surface area contributed by atoms with Crippen LogP contribution in [0.2, 0.25) is 0 Å². The third-order valence-corrected chi connectivity index (χ3v) is 4.90. The van der Waals surface area contributed by atoms with Crippen molar-refractivity contribution in [2.45, 2.75) is 6.54 Å². The van der Waals surface area contributed by atoms with Crippen LogP contribution in [0.25, 0.3) is 11.0 Å². The van der Waals surface area contributed by atoms with Gasteiger partial charge in [-0.3, -0.25) is 4.99 Å². The highest BCUT2D eigenvalue weighted by molar-refractivity contribution is 8.14. The van der Waals surface area contributed by atoms with Crippen molar-refractivity contribution in [3.63, 3.8) is 0 Å². The standard InChI is InChI=1S/C19H17N3OS/c1-22-19(20-12-14-7-3-2-4-8-14)24-13-16(21-22)18-11-15-9-5-6-10-17(15)23-18/h2-11H,12-13H2,1H3. The minimum atomic E-state index is 0.670. The molecule has 2 heterocycles. The monoisotopic (exact) mass is 335 g/mol. The summed E-state index contributed by atoms with van der Waals surface area (Å²) >= 11 is 1.69. The molecule has 5 heteroatoms. The lowest BCUT2D eigenvalue weighted by Gasteiger charge is -2.21. The van der Waals surface area contributed by atoms with Gasteiger partial charge in [-0.25, -0.2) is 5.01 Å². The Morgan fingerprint density at radius 1 is 1.12 bits per heavy atom. The van der Waals surface area contributed by atoms with Crippen LogP contribution in [0.4, 0.5) is 0 Å². The zero-order valence-electron chi connectivity index (χ0n) is 13.3. The van der Waals surface area contributed by atoms with Crippen molar-refractivity contribution < 1.29 is 4.42 Å². The number of benzene rings is 2. The Bertz CT molecular complexity index is 882. The number of hydrogen-bond donors (Lipinski definition) is 0. The van der Waals surface area contributed by atoms with Crippen LogP contribution in [0.5, 0.6) is 0 Å². The molecule has 0 saturated heterocycles.